The Bertz CT molecular complexity index is 985. The van der Waals surface area contributed by atoms with Crippen molar-refractivity contribution in [3.8, 4) is 0 Å². The summed E-state index contributed by atoms with van der Waals surface area (Å²) in [5.41, 5.74) is 2.89. The number of carbonyl (C=O) groups excluding carboxylic acids is 1. The molecule has 2 heterocycles. The summed E-state index contributed by atoms with van der Waals surface area (Å²) in [5.74, 6) is 0.845. The van der Waals surface area contributed by atoms with E-state index in [0.29, 0.717) is 5.82 Å². The molecule has 27 heavy (non-hydrogen) atoms. The summed E-state index contributed by atoms with van der Waals surface area (Å²) < 4.78 is 0. The van der Waals surface area contributed by atoms with E-state index in [-0.39, 0.29) is 17.8 Å². The van der Waals surface area contributed by atoms with Gasteiger partial charge in [-0.1, -0.05) is 24.3 Å². The van der Waals surface area contributed by atoms with Gasteiger partial charge in [-0.3, -0.25) is 4.79 Å². The quantitative estimate of drug-likeness (QED) is 0.736. The zero-order valence-corrected chi connectivity index (χ0v) is 15.8. The summed E-state index contributed by atoms with van der Waals surface area (Å²) in [5, 5.41) is 4.28. The van der Waals surface area contributed by atoms with Gasteiger partial charge in [0.05, 0.1) is 5.52 Å². The van der Waals surface area contributed by atoms with Crippen LogP contribution in [0.15, 0.2) is 48.5 Å². The number of hydrogen-bond acceptors (Lipinski definition) is 4. The minimum atomic E-state index is -0.0831. The van der Waals surface area contributed by atoms with Gasteiger partial charge in [-0.15, -0.1) is 0 Å². The minimum Gasteiger partial charge on any atom is -0.340 e. The van der Waals surface area contributed by atoms with Crippen LogP contribution in [-0.2, 0) is 0 Å². The van der Waals surface area contributed by atoms with E-state index in [0.717, 1.165) is 41.5 Å². The topological polar surface area (TPSA) is 58.1 Å². The van der Waals surface area contributed by atoms with Crippen molar-refractivity contribution in [2.24, 2.45) is 0 Å². The molecule has 0 saturated carbocycles. The van der Waals surface area contributed by atoms with Crippen LogP contribution in [0, 0.1) is 6.92 Å². The standard InChI is InChI=1S/C22H24N4O/c1-15-8-7-10-17(14-15)23-20-18-11-3-4-12-19(18)24-21(25-20)22(27)26-13-6-5-9-16(26)2/h3-4,7-8,10-12,14,16H,5-6,9,13H2,1-2H3,(H,23,24,25)/t16-/m0/s1. The zero-order chi connectivity index (χ0) is 18.8. The predicted molar refractivity (Wildman–Crippen MR) is 108 cm³/mol. The van der Waals surface area contributed by atoms with Crippen molar-refractivity contribution in [3.05, 3.63) is 59.9 Å². The van der Waals surface area contributed by atoms with Crippen molar-refractivity contribution >= 4 is 28.3 Å². The number of nitrogens with zero attached hydrogens (tertiary/aromatic N) is 3. The molecule has 1 fully saturated rings. The number of para-hydroxylation sites is 1. The van der Waals surface area contributed by atoms with Crippen LogP contribution in [-0.4, -0.2) is 33.4 Å². The molecule has 1 aliphatic rings. The molecule has 1 saturated heterocycles. The molecule has 4 rings (SSSR count). The first-order chi connectivity index (χ1) is 13.1. The fourth-order valence-corrected chi connectivity index (χ4v) is 3.66. The van der Waals surface area contributed by atoms with Crippen LogP contribution in [0.2, 0.25) is 0 Å². The minimum absolute atomic E-state index is 0.0831. The predicted octanol–water partition coefficient (Wildman–Crippen LogP) is 4.70. The summed E-state index contributed by atoms with van der Waals surface area (Å²) in [7, 11) is 0. The van der Waals surface area contributed by atoms with E-state index in [1.54, 1.807) is 0 Å². The van der Waals surface area contributed by atoms with Crippen molar-refractivity contribution in [1.29, 1.82) is 0 Å². The number of aromatic nitrogens is 2. The van der Waals surface area contributed by atoms with Gasteiger partial charge in [-0.05, 0) is 62.9 Å². The van der Waals surface area contributed by atoms with Gasteiger partial charge in [0.1, 0.15) is 5.82 Å². The van der Waals surface area contributed by atoms with E-state index in [1.807, 2.05) is 41.3 Å². The Morgan fingerprint density at radius 3 is 2.78 bits per heavy atom. The van der Waals surface area contributed by atoms with E-state index in [4.69, 9.17) is 0 Å². The Kier molecular flexibility index (Phi) is 4.75. The van der Waals surface area contributed by atoms with Gasteiger partial charge in [0.2, 0.25) is 5.82 Å². The first kappa shape index (κ1) is 17.5. The summed E-state index contributed by atoms with van der Waals surface area (Å²) >= 11 is 0. The lowest BCUT2D eigenvalue weighted by Crippen LogP contribution is -2.42. The summed E-state index contributed by atoms with van der Waals surface area (Å²) in [6.07, 6.45) is 3.25. The third kappa shape index (κ3) is 3.63. The number of hydrogen-bond donors (Lipinski definition) is 1. The maximum Gasteiger partial charge on any atom is 0.291 e. The number of likely N-dealkylation sites (tertiary alicyclic amines) is 1. The molecule has 3 aromatic rings. The third-order valence-corrected chi connectivity index (χ3v) is 5.14. The van der Waals surface area contributed by atoms with Crippen LogP contribution in [0.5, 0.6) is 0 Å². The Morgan fingerprint density at radius 1 is 1.11 bits per heavy atom. The molecule has 0 aliphatic carbocycles. The molecule has 1 aliphatic heterocycles. The van der Waals surface area contributed by atoms with Crippen LogP contribution >= 0.6 is 0 Å². The number of carbonyl (C=O) groups is 1. The summed E-state index contributed by atoms with van der Waals surface area (Å²) in [6, 6.07) is 16.1. The van der Waals surface area contributed by atoms with E-state index in [9.17, 15) is 4.79 Å². The summed E-state index contributed by atoms with van der Waals surface area (Å²) in [4.78, 5) is 24.2. The first-order valence-corrected chi connectivity index (χ1v) is 9.53. The van der Waals surface area contributed by atoms with Crippen LogP contribution < -0.4 is 5.32 Å². The monoisotopic (exact) mass is 360 g/mol. The van der Waals surface area contributed by atoms with Crippen molar-refractivity contribution in [2.75, 3.05) is 11.9 Å². The average molecular weight is 360 g/mol. The van der Waals surface area contributed by atoms with Crippen molar-refractivity contribution in [1.82, 2.24) is 14.9 Å². The van der Waals surface area contributed by atoms with Gasteiger partial charge in [0, 0.05) is 23.7 Å². The molecule has 1 aromatic heterocycles. The van der Waals surface area contributed by atoms with Gasteiger partial charge in [0.25, 0.3) is 5.91 Å². The second-order valence-corrected chi connectivity index (χ2v) is 7.25. The van der Waals surface area contributed by atoms with Crippen molar-refractivity contribution in [3.63, 3.8) is 0 Å². The Morgan fingerprint density at radius 2 is 1.96 bits per heavy atom. The van der Waals surface area contributed by atoms with Gasteiger partial charge in [0.15, 0.2) is 0 Å². The fourth-order valence-electron chi connectivity index (χ4n) is 3.66. The number of nitrogens with one attached hydrogen (secondary N) is 1. The number of aryl methyl sites for hydroxylation is 1. The SMILES string of the molecule is Cc1cccc(Nc2nc(C(=O)N3CCCC[C@@H]3C)nc3ccccc23)c1. The first-order valence-electron chi connectivity index (χ1n) is 9.53. The molecule has 1 atom stereocenters. The largest absolute Gasteiger partial charge is 0.340 e. The second kappa shape index (κ2) is 7.35. The fraction of sp³-hybridized carbons (Fsp3) is 0.318. The molecular weight excluding hydrogens is 336 g/mol. The highest BCUT2D eigenvalue weighted by atomic mass is 16.2. The number of amides is 1. The van der Waals surface area contributed by atoms with Crippen molar-refractivity contribution < 1.29 is 4.79 Å². The van der Waals surface area contributed by atoms with Crippen LogP contribution in [0.4, 0.5) is 11.5 Å². The van der Waals surface area contributed by atoms with E-state index >= 15 is 0 Å². The number of benzene rings is 2. The summed E-state index contributed by atoms with van der Waals surface area (Å²) in [6.45, 7) is 4.93. The van der Waals surface area contributed by atoms with Gasteiger partial charge in [-0.25, -0.2) is 9.97 Å². The molecule has 1 N–H and O–H groups in total. The van der Waals surface area contributed by atoms with Gasteiger partial charge >= 0.3 is 0 Å². The molecule has 0 spiro atoms. The van der Waals surface area contributed by atoms with Crippen LogP contribution in [0.25, 0.3) is 10.9 Å². The molecule has 138 valence electrons. The molecule has 5 nitrogen and oxygen atoms in total. The lowest BCUT2D eigenvalue weighted by atomic mass is 10.0. The number of piperidine rings is 1. The third-order valence-electron chi connectivity index (χ3n) is 5.14. The molecule has 5 heteroatoms. The average Bonchev–Trinajstić information content (AvgIpc) is 2.68. The Labute approximate surface area is 159 Å². The highest BCUT2D eigenvalue weighted by Gasteiger charge is 2.26. The normalized spacial score (nSPS) is 17.1. The number of rotatable bonds is 3. The molecule has 0 unspecified atom stereocenters. The maximum absolute atomic E-state index is 13.1. The van der Waals surface area contributed by atoms with E-state index < -0.39 is 0 Å². The van der Waals surface area contributed by atoms with E-state index in [2.05, 4.69) is 41.3 Å². The highest BCUT2D eigenvalue weighted by molar-refractivity contribution is 5.97. The van der Waals surface area contributed by atoms with Crippen LogP contribution in [0.1, 0.15) is 42.4 Å². The smallest absolute Gasteiger partial charge is 0.291 e. The van der Waals surface area contributed by atoms with Crippen molar-refractivity contribution in [2.45, 2.75) is 39.2 Å². The maximum atomic E-state index is 13.1. The second-order valence-electron chi connectivity index (χ2n) is 7.25. The zero-order valence-electron chi connectivity index (χ0n) is 15.8. The van der Waals surface area contributed by atoms with E-state index in [1.165, 1.54) is 6.42 Å². The number of anilines is 2. The molecular formula is C22H24N4O. The lowest BCUT2D eigenvalue weighted by molar-refractivity contribution is 0.0623. The molecule has 0 radical (unpaired) electrons. The molecule has 1 amide bonds. The van der Waals surface area contributed by atoms with Gasteiger partial charge in [-0.2, -0.15) is 0 Å². The highest BCUT2D eigenvalue weighted by Crippen LogP contribution is 2.26. The molecule has 2 aromatic carbocycles. The van der Waals surface area contributed by atoms with Gasteiger partial charge < -0.3 is 10.2 Å². The Hall–Kier alpha value is -2.95. The van der Waals surface area contributed by atoms with Crippen LogP contribution in [0.3, 0.4) is 0 Å². The number of fused-ring (bicyclic) bond motifs is 1. The lowest BCUT2D eigenvalue weighted by Gasteiger charge is -2.32. The Balaban J connectivity index is 1.75. The molecule has 0 bridgehead atoms.